The van der Waals surface area contributed by atoms with Crippen LogP contribution >= 0.6 is 0 Å². The maximum Gasteiger partial charge on any atom is 0.337 e. The third-order valence-electron chi connectivity index (χ3n) is 5.16. The molecule has 1 heterocycles. The minimum atomic E-state index is -1.09. The van der Waals surface area contributed by atoms with Gasteiger partial charge in [0.2, 0.25) is 0 Å². The molecule has 0 amide bonds. The summed E-state index contributed by atoms with van der Waals surface area (Å²) in [5.74, 6) is -1.00. The highest BCUT2D eigenvalue weighted by Crippen LogP contribution is 2.42. The number of carboxylic acids is 1. The molecule has 0 aliphatic rings. The van der Waals surface area contributed by atoms with E-state index in [1.807, 2.05) is 82.3 Å². The minimum absolute atomic E-state index is 0.616. The van der Waals surface area contributed by atoms with Crippen molar-refractivity contribution >= 4 is 27.6 Å². The topological polar surface area (TPSA) is 59.4 Å². The van der Waals surface area contributed by atoms with Crippen molar-refractivity contribution in [3.05, 3.63) is 78.0 Å². The maximum absolute atomic E-state index is 12.4. The lowest BCUT2D eigenvalue weighted by atomic mass is 9.86. The lowest BCUT2D eigenvalue weighted by Crippen LogP contribution is -2.28. The zero-order chi connectivity index (χ0) is 21.5. The van der Waals surface area contributed by atoms with E-state index in [9.17, 15) is 9.90 Å². The van der Waals surface area contributed by atoms with Crippen LogP contribution in [0.4, 0.5) is 0 Å². The first-order chi connectivity index (χ1) is 14.3. The number of aromatic nitrogens is 1. The fraction of sp³-hybridized carbons (Fsp3) is 0.231. The molecule has 152 valence electrons. The van der Waals surface area contributed by atoms with Crippen molar-refractivity contribution in [1.29, 1.82) is 0 Å². The Balaban J connectivity index is 2.14. The summed E-state index contributed by atoms with van der Waals surface area (Å²) in [7, 11) is 0. The maximum atomic E-state index is 12.4. The van der Waals surface area contributed by atoms with Gasteiger partial charge in [-0.25, -0.2) is 4.79 Å². The van der Waals surface area contributed by atoms with Gasteiger partial charge >= 0.3 is 5.97 Å². The van der Waals surface area contributed by atoms with E-state index in [0.717, 1.165) is 38.4 Å². The van der Waals surface area contributed by atoms with Crippen LogP contribution in [0.15, 0.2) is 66.9 Å². The molecular formula is C26H25NO3. The summed E-state index contributed by atoms with van der Waals surface area (Å²) in [5, 5.41) is 13.2. The van der Waals surface area contributed by atoms with E-state index in [-0.39, 0.29) is 0 Å². The fourth-order valence-corrected chi connectivity index (χ4v) is 4.02. The van der Waals surface area contributed by atoms with Crippen LogP contribution in [-0.4, -0.2) is 21.7 Å². The van der Waals surface area contributed by atoms with E-state index >= 15 is 0 Å². The average Bonchev–Trinajstić information content (AvgIpc) is 2.70. The summed E-state index contributed by atoms with van der Waals surface area (Å²) in [6, 6.07) is 20.0. The molecule has 30 heavy (non-hydrogen) atoms. The number of aryl methyl sites for hydroxylation is 1. The molecule has 4 rings (SSSR count). The fourth-order valence-electron chi connectivity index (χ4n) is 4.02. The summed E-state index contributed by atoms with van der Waals surface area (Å²) >= 11 is 0. The molecule has 0 saturated carbocycles. The molecule has 0 fully saturated rings. The monoisotopic (exact) mass is 399 g/mol. The third kappa shape index (κ3) is 3.66. The number of hydrogen-bond acceptors (Lipinski definition) is 3. The number of fused-ring (bicyclic) bond motifs is 2. The number of carboxylic acid groups (broad SMARTS) is 1. The van der Waals surface area contributed by atoms with Crippen LogP contribution in [0.2, 0.25) is 0 Å². The molecular weight excluding hydrogens is 374 g/mol. The van der Waals surface area contributed by atoms with Crippen molar-refractivity contribution < 1.29 is 14.6 Å². The van der Waals surface area contributed by atoms with Gasteiger partial charge in [-0.05, 0) is 55.7 Å². The molecule has 0 bridgehead atoms. The van der Waals surface area contributed by atoms with Crippen LogP contribution in [0.3, 0.4) is 0 Å². The number of aliphatic carboxylic acids is 1. The van der Waals surface area contributed by atoms with E-state index in [2.05, 4.69) is 11.1 Å². The zero-order valence-electron chi connectivity index (χ0n) is 17.6. The van der Waals surface area contributed by atoms with E-state index in [0.29, 0.717) is 5.56 Å². The molecule has 1 aromatic heterocycles. The average molecular weight is 399 g/mol. The van der Waals surface area contributed by atoms with Crippen molar-refractivity contribution in [3.8, 4) is 11.1 Å². The van der Waals surface area contributed by atoms with Crippen molar-refractivity contribution in [2.75, 3.05) is 0 Å². The first-order valence-corrected chi connectivity index (χ1v) is 10.0. The van der Waals surface area contributed by atoms with Crippen molar-refractivity contribution in [2.45, 2.75) is 39.4 Å². The first-order valence-electron chi connectivity index (χ1n) is 10.0. The van der Waals surface area contributed by atoms with Gasteiger partial charge in [-0.3, -0.25) is 4.98 Å². The molecule has 0 spiro atoms. The van der Waals surface area contributed by atoms with E-state index < -0.39 is 17.7 Å². The van der Waals surface area contributed by atoms with Gasteiger partial charge in [-0.15, -0.1) is 0 Å². The van der Waals surface area contributed by atoms with Crippen LogP contribution in [0, 0.1) is 6.92 Å². The number of nitrogens with zero attached hydrogens (tertiary/aromatic N) is 1. The summed E-state index contributed by atoms with van der Waals surface area (Å²) in [6.45, 7) is 7.57. The predicted octanol–water partition coefficient (Wildman–Crippen LogP) is 6.30. The van der Waals surface area contributed by atoms with Crippen LogP contribution in [0.25, 0.3) is 32.8 Å². The summed E-state index contributed by atoms with van der Waals surface area (Å²) < 4.78 is 6.07. The van der Waals surface area contributed by atoms with Gasteiger partial charge in [0.1, 0.15) is 0 Å². The molecule has 1 N–H and O–H groups in total. The van der Waals surface area contributed by atoms with Crippen LogP contribution < -0.4 is 0 Å². The predicted molar refractivity (Wildman–Crippen MR) is 121 cm³/mol. The summed E-state index contributed by atoms with van der Waals surface area (Å²) in [5.41, 5.74) is 3.56. The van der Waals surface area contributed by atoms with E-state index in [4.69, 9.17) is 4.74 Å². The van der Waals surface area contributed by atoms with E-state index in [1.165, 1.54) is 0 Å². The molecule has 0 aliphatic carbocycles. The summed E-state index contributed by atoms with van der Waals surface area (Å²) in [6.07, 6.45) is 0.674. The Hall–Kier alpha value is -3.24. The minimum Gasteiger partial charge on any atom is -0.479 e. The van der Waals surface area contributed by atoms with Gasteiger partial charge in [-0.1, -0.05) is 54.6 Å². The number of hydrogen-bond donors (Lipinski definition) is 1. The Morgan fingerprint density at radius 3 is 2.43 bits per heavy atom. The molecule has 0 saturated heterocycles. The molecule has 3 aromatic carbocycles. The normalized spacial score (nSPS) is 12.9. The molecule has 0 aliphatic heterocycles. The van der Waals surface area contributed by atoms with Gasteiger partial charge in [0.25, 0.3) is 0 Å². The number of para-hydroxylation sites is 1. The lowest BCUT2D eigenvalue weighted by Gasteiger charge is -2.28. The number of pyridine rings is 1. The number of ether oxygens (including phenoxy) is 1. The Bertz CT molecular complexity index is 1250. The number of carbonyl (C=O) groups is 1. The molecule has 1 unspecified atom stereocenters. The number of benzene rings is 3. The van der Waals surface area contributed by atoms with Crippen molar-refractivity contribution in [2.24, 2.45) is 0 Å². The highest BCUT2D eigenvalue weighted by Gasteiger charge is 2.31. The smallest absolute Gasteiger partial charge is 0.337 e. The van der Waals surface area contributed by atoms with Crippen LogP contribution in [0.5, 0.6) is 0 Å². The molecule has 4 nitrogen and oxygen atoms in total. The van der Waals surface area contributed by atoms with E-state index in [1.54, 1.807) is 6.20 Å². The quantitative estimate of drug-likeness (QED) is 0.437. The third-order valence-corrected chi connectivity index (χ3v) is 5.16. The first kappa shape index (κ1) is 20.0. The SMILES string of the molecule is Cc1cc2ccccc2c(-c2cccc3cccnc23)c1C(OC(C)(C)C)C(=O)O. The van der Waals surface area contributed by atoms with Crippen LogP contribution in [0.1, 0.15) is 38.0 Å². The lowest BCUT2D eigenvalue weighted by molar-refractivity contribution is -0.160. The van der Waals surface area contributed by atoms with Crippen LogP contribution in [-0.2, 0) is 9.53 Å². The van der Waals surface area contributed by atoms with Crippen molar-refractivity contribution in [3.63, 3.8) is 0 Å². The highest BCUT2D eigenvalue weighted by atomic mass is 16.5. The Morgan fingerprint density at radius 1 is 1.00 bits per heavy atom. The number of rotatable bonds is 4. The zero-order valence-corrected chi connectivity index (χ0v) is 17.6. The standard InChI is InChI=1S/C26H25NO3/c1-16-15-18-9-5-6-12-19(18)22(21(16)24(25(28)29)30-26(2,3)4)20-13-7-10-17-11-8-14-27-23(17)20/h5-15,24H,1-4H3,(H,28,29). The van der Waals surface area contributed by atoms with Gasteiger partial charge in [0, 0.05) is 22.7 Å². The highest BCUT2D eigenvalue weighted by molar-refractivity contribution is 6.06. The Morgan fingerprint density at radius 2 is 1.70 bits per heavy atom. The summed E-state index contributed by atoms with van der Waals surface area (Å²) in [4.78, 5) is 17.0. The Kier molecular flexibility index (Phi) is 5.04. The second kappa shape index (κ2) is 7.54. The van der Waals surface area contributed by atoms with Gasteiger partial charge in [0.15, 0.2) is 6.10 Å². The van der Waals surface area contributed by atoms with Gasteiger partial charge in [-0.2, -0.15) is 0 Å². The van der Waals surface area contributed by atoms with Gasteiger partial charge < -0.3 is 9.84 Å². The molecule has 4 heteroatoms. The Labute approximate surface area is 176 Å². The largest absolute Gasteiger partial charge is 0.479 e. The second-order valence-electron chi connectivity index (χ2n) is 8.53. The molecule has 0 radical (unpaired) electrons. The van der Waals surface area contributed by atoms with Gasteiger partial charge in [0.05, 0.1) is 11.1 Å². The second-order valence-corrected chi connectivity index (χ2v) is 8.53. The van der Waals surface area contributed by atoms with Crippen molar-refractivity contribution in [1.82, 2.24) is 4.98 Å². The molecule has 4 aromatic rings. The molecule has 1 atom stereocenters.